The third-order valence-electron chi connectivity index (χ3n) is 14.6. The summed E-state index contributed by atoms with van der Waals surface area (Å²) in [6.07, 6.45) is 2.49. The minimum atomic E-state index is -0.323. The molecule has 6 heterocycles. The summed E-state index contributed by atoms with van der Waals surface area (Å²) < 4.78 is 13.3. The number of aromatic hydroxyl groups is 4. The second-order valence-electron chi connectivity index (χ2n) is 20.5. The monoisotopic (exact) mass is 1080 g/mol. The van der Waals surface area contributed by atoms with Crippen molar-refractivity contribution in [1.82, 2.24) is 58.1 Å². The van der Waals surface area contributed by atoms with Gasteiger partial charge in [-0.2, -0.15) is 0 Å². The molecule has 408 valence electrons. The van der Waals surface area contributed by atoms with Gasteiger partial charge in [0.1, 0.15) is 103 Å². The molecule has 8 aromatic carbocycles. The summed E-state index contributed by atoms with van der Waals surface area (Å²) in [4.78, 5) is 29.7. The van der Waals surface area contributed by atoms with Crippen molar-refractivity contribution >= 4 is 50.1 Å². The Morgan fingerprint density at radius 2 is 0.840 bits per heavy atom. The summed E-state index contributed by atoms with van der Waals surface area (Å²) >= 11 is 0. The summed E-state index contributed by atoms with van der Waals surface area (Å²) in [5.41, 5.74) is 16.6. The van der Waals surface area contributed by atoms with E-state index in [2.05, 4.69) is 32.5 Å². The van der Waals surface area contributed by atoms with Crippen LogP contribution >= 0.6 is 0 Å². The van der Waals surface area contributed by atoms with Gasteiger partial charge in [-0.25, -0.2) is 9.78 Å². The number of hydrogen-bond donors (Lipinski definition) is 4. The molecule has 20 heteroatoms. The Morgan fingerprint density at radius 3 is 1.27 bits per heavy atom. The number of ether oxygens (including phenoxy) is 1. The molecule has 0 unspecified atom stereocenters. The van der Waals surface area contributed by atoms with E-state index in [4.69, 9.17) is 14.5 Å². The van der Waals surface area contributed by atoms with E-state index in [1.165, 1.54) is 9.59 Å². The van der Waals surface area contributed by atoms with Crippen LogP contribution in [0.1, 0.15) is 57.3 Å². The Balaban J connectivity index is 0.000000158. The van der Waals surface area contributed by atoms with E-state index >= 15 is 0 Å². The molecule has 6 aromatic heterocycles. The molecule has 0 aliphatic carbocycles. The Kier molecular flexibility index (Phi) is 12.7. The van der Waals surface area contributed by atoms with Crippen LogP contribution in [0.15, 0.2) is 146 Å². The highest BCUT2D eigenvalue weighted by Crippen LogP contribution is 2.37. The molecule has 0 fully saturated rings. The lowest BCUT2D eigenvalue weighted by molar-refractivity contribution is -0.298. The largest absolute Gasteiger partial charge is 0.505 e. The van der Waals surface area contributed by atoms with Crippen LogP contribution in [0.5, 0.6) is 23.0 Å². The van der Waals surface area contributed by atoms with Crippen LogP contribution in [-0.4, -0.2) is 104 Å². The standard InChI is InChI=1S/C34H34N6O6.C27H22N6O2/c1-22-18-24(20-30(33(22)42)39-35-26-9-3-4-10-27(26)36(35)39)8-7-15-45-46-17-16-44-32(41)14-13-25-19-23(2)34(43)31(21-25)40-37-28-11-5-6-12-29(28)38(37)40;1-16-11-18(26(34)24(13-16)32-28-20-7-3-4-8-21(20)29-32)15-19-12-17(2)14-25(27(19)35)33-30-22-9-5-6-10-23(22)31-33/h3-6,9-12,18-21,42-43H,7-8,13-17H2,1-2H3;3-14,34-35H,15H2,1-2H3. The zero-order chi connectivity index (χ0) is 55.6. The predicted molar refractivity (Wildman–Crippen MR) is 303 cm³/mol. The van der Waals surface area contributed by atoms with Crippen molar-refractivity contribution in [2.75, 3.05) is 19.8 Å². The van der Waals surface area contributed by atoms with E-state index in [9.17, 15) is 25.2 Å². The molecule has 0 aliphatic rings. The topological polar surface area (TPSA) is 215 Å². The molecule has 0 bridgehead atoms. The van der Waals surface area contributed by atoms with E-state index in [1.807, 2.05) is 189 Å². The summed E-state index contributed by atoms with van der Waals surface area (Å²) in [6, 6.07) is 46.6. The highest BCUT2D eigenvalue weighted by atomic mass is 17.2. The van der Waals surface area contributed by atoms with Crippen LogP contribution < -0.4 is 0 Å². The Hall–Kier alpha value is -10.1. The molecule has 14 rings (SSSR count). The van der Waals surface area contributed by atoms with Crippen molar-refractivity contribution in [3.8, 4) is 45.7 Å². The summed E-state index contributed by atoms with van der Waals surface area (Å²) in [5, 5.41) is 61.8. The van der Waals surface area contributed by atoms with Gasteiger partial charge in [-0.15, -0.1) is 58.1 Å². The van der Waals surface area contributed by atoms with E-state index < -0.39 is 0 Å². The van der Waals surface area contributed by atoms with E-state index in [0.717, 1.165) is 96.0 Å². The average Bonchev–Trinajstić information content (AvgIpc) is 2.36. The number of carbonyl (C=O) groups excluding carboxylic acids is 1. The number of aromatic nitrogens is 12. The summed E-state index contributed by atoms with van der Waals surface area (Å²) in [6.45, 7) is 8.29. The molecule has 0 aliphatic heterocycles. The van der Waals surface area contributed by atoms with Gasteiger partial charge in [0, 0.05) is 24.0 Å². The van der Waals surface area contributed by atoms with Crippen LogP contribution in [0.25, 0.3) is 66.9 Å². The fourth-order valence-corrected chi connectivity index (χ4v) is 10.6. The number of fused-ring (bicyclic) bond motifs is 10. The number of hydrogen-bond acceptors (Lipinski definition) is 12. The van der Waals surface area contributed by atoms with Crippen LogP contribution in [-0.2, 0) is 38.6 Å². The maximum atomic E-state index is 12.4. The Morgan fingerprint density at radius 1 is 0.444 bits per heavy atom. The molecule has 81 heavy (non-hydrogen) atoms. The lowest BCUT2D eigenvalue weighted by Gasteiger charge is -2.14. The minimum Gasteiger partial charge on any atom is -0.505 e. The number of para-hydroxylation sites is 4. The van der Waals surface area contributed by atoms with E-state index in [0.29, 0.717) is 47.6 Å². The fourth-order valence-electron chi connectivity index (χ4n) is 10.6. The lowest BCUT2D eigenvalue weighted by Crippen LogP contribution is -2.12. The van der Waals surface area contributed by atoms with Crippen LogP contribution in [0, 0.1) is 27.7 Å². The average molecular weight is 1090 g/mol. The van der Waals surface area contributed by atoms with Crippen molar-refractivity contribution in [3.63, 3.8) is 0 Å². The van der Waals surface area contributed by atoms with Gasteiger partial charge >= 0.3 is 5.97 Å². The number of rotatable bonds is 17. The molecule has 0 spiro atoms. The zero-order valence-corrected chi connectivity index (χ0v) is 44.8. The maximum absolute atomic E-state index is 12.4. The first-order valence-electron chi connectivity index (χ1n) is 26.7. The molecule has 14 aromatic rings. The van der Waals surface area contributed by atoms with Gasteiger partial charge in [0.25, 0.3) is 0 Å². The first-order valence-corrected chi connectivity index (χ1v) is 26.7. The number of aryl methyl sites for hydroxylation is 6. The van der Waals surface area contributed by atoms with Gasteiger partial charge in [0.05, 0.1) is 6.61 Å². The minimum absolute atomic E-state index is 0.0707. The van der Waals surface area contributed by atoms with Gasteiger partial charge in [0.2, 0.25) is 0 Å². The SMILES string of the molecule is Cc1cc(CCCOOCCOC(=O)CCc2cc(C)c(O)c(-n3n4c5ccccc5n34)c2)cc(-n2n3c4ccccc4n23)c1O.Cc1cc(Cc2cc(C)cc(-n3nc4ccccc4n3)c2O)c(O)c(-n2nc3ccccc3n2)c1. The highest BCUT2D eigenvalue weighted by Gasteiger charge is 2.28. The molecular formula is C61H56N12O8. The van der Waals surface area contributed by atoms with Gasteiger partial charge < -0.3 is 25.2 Å². The van der Waals surface area contributed by atoms with Crippen molar-refractivity contribution in [2.24, 2.45) is 0 Å². The quantitative estimate of drug-likeness (QED) is 0.0290. The molecule has 4 N–H and O–H groups in total. The fraction of sp³-hybridized carbons (Fsp3) is 0.197. The van der Waals surface area contributed by atoms with Crippen molar-refractivity contribution < 1.29 is 39.7 Å². The highest BCUT2D eigenvalue weighted by molar-refractivity contribution is 5.81. The molecule has 0 saturated heterocycles. The number of carbonyl (C=O) groups is 1. The summed E-state index contributed by atoms with van der Waals surface area (Å²) in [5.74, 6) is 0.309. The molecule has 20 nitrogen and oxygen atoms in total. The number of benzene rings is 8. The van der Waals surface area contributed by atoms with Gasteiger partial charge in [-0.1, -0.05) is 72.8 Å². The molecule has 0 amide bonds. The third-order valence-corrected chi connectivity index (χ3v) is 14.6. The predicted octanol–water partition coefficient (Wildman–Crippen LogP) is 10.0. The summed E-state index contributed by atoms with van der Waals surface area (Å²) in [7, 11) is 0. The second kappa shape index (κ2) is 20.3. The molecule has 0 radical (unpaired) electrons. The Bertz CT molecular complexity index is 4340. The molecular weight excluding hydrogens is 1030 g/mol. The van der Waals surface area contributed by atoms with E-state index in [-0.39, 0.29) is 48.6 Å². The van der Waals surface area contributed by atoms with Crippen molar-refractivity contribution in [3.05, 3.63) is 190 Å². The number of nitrogens with zero attached hydrogens (tertiary/aromatic N) is 12. The molecule has 0 saturated carbocycles. The normalized spacial score (nSPS) is 12.0. The number of phenols is 4. The molecule has 0 atom stereocenters. The Labute approximate surface area is 461 Å². The van der Waals surface area contributed by atoms with Crippen LogP contribution in [0.3, 0.4) is 0 Å². The first-order chi connectivity index (χ1) is 39.4. The lowest BCUT2D eigenvalue weighted by atomic mass is 9.98. The van der Waals surface area contributed by atoms with Gasteiger partial charge in [-0.05, 0) is 153 Å². The third kappa shape index (κ3) is 9.34. The van der Waals surface area contributed by atoms with Crippen LogP contribution in [0.2, 0.25) is 0 Å². The maximum Gasteiger partial charge on any atom is 0.306 e. The number of esters is 1. The van der Waals surface area contributed by atoms with Gasteiger partial charge in [-0.3, -0.25) is 4.79 Å². The van der Waals surface area contributed by atoms with Gasteiger partial charge in [0.15, 0.2) is 0 Å². The second-order valence-corrected chi connectivity index (χ2v) is 20.5. The van der Waals surface area contributed by atoms with E-state index in [1.54, 1.807) is 0 Å². The van der Waals surface area contributed by atoms with Crippen molar-refractivity contribution in [1.29, 1.82) is 0 Å². The van der Waals surface area contributed by atoms with Crippen LogP contribution in [0.4, 0.5) is 0 Å². The zero-order valence-electron chi connectivity index (χ0n) is 44.8. The first kappa shape index (κ1) is 50.5. The smallest absolute Gasteiger partial charge is 0.306 e. The van der Waals surface area contributed by atoms with Crippen molar-refractivity contribution in [2.45, 2.75) is 59.8 Å². The number of phenolic OH excluding ortho intramolecular Hbond substituents is 4.